The summed E-state index contributed by atoms with van der Waals surface area (Å²) in [7, 11) is 1.70. The van der Waals surface area contributed by atoms with Gasteiger partial charge in [0.1, 0.15) is 12.0 Å². The number of benzene rings is 1. The molecule has 1 aliphatic rings. The van der Waals surface area contributed by atoms with Gasteiger partial charge in [0.05, 0.1) is 7.11 Å². The summed E-state index contributed by atoms with van der Waals surface area (Å²) in [6.07, 6.45) is 3.98. The molecule has 0 radical (unpaired) electrons. The summed E-state index contributed by atoms with van der Waals surface area (Å²) in [5.41, 5.74) is 2.42. The Kier molecular flexibility index (Phi) is 7.06. The van der Waals surface area contributed by atoms with E-state index in [1.54, 1.807) is 7.11 Å². The largest absolute Gasteiger partial charge is 0.496 e. The highest BCUT2D eigenvalue weighted by Gasteiger charge is 2.22. The quantitative estimate of drug-likeness (QED) is 0.743. The smallest absolute Gasteiger partial charge is 0.121 e. The minimum atomic E-state index is -0.339. The monoisotopic (exact) mass is 323 g/mol. The number of nitrogens with zero attached hydrogens (tertiary/aromatic N) is 1. The summed E-state index contributed by atoms with van der Waals surface area (Å²) < 4.78 is 5.30. The fourth-order valence-electron chi connectivity index (χ4n) is 3.09. The zero-order valence-corrected chi connectivity index (χ0v) is 14.9. The van der Waals surface area contributed by atoms with E-state index in [4.69, 9.17) is 4.74 Å². The van der Waals surface area contributed by atoms with Gasteiger partial charge in [-0.05, 0) is 62.1 Å². The average Bonchev–Trinajstić information content (AvgIpc) is 3.03. The van der Waals surface area contributed by atoms with E-state index in [0.717, 1.165) is 37.2 Å². The third-order valence-electron chi connectivity index (χ3n) is 4.44. The SMILES string of the molecule is CCN(CC1CCCS1)C(O)CCc1ccc(OC)c(C)c1. The molecule has 1 aliphatic heterocycles. The Hall–Kier alpha value is -0.710. The van der Waals surface area contributed by atoms with Crippen molar-refractivity contribution in [2.24, 2.45) is 0 Å². The van der Waals surface area contributed by atoms with Crippen molar-refractivity contribution in [2.75, 3.05) is 26.0 Å². The molecule has 1 aromatic rings. The summed E-state index contributed by atoms with van der Waals surface area (Å²) in [5.74, 6) is 2.21. The fourth-order valence-corrected chi connectivity index (χ4v) is 4.38. The van der Waals surface area contributed by atoms with Crippen LogP contribution in [0.2, 0.25) is 0 Å². The van der Waals surface area contributed by atoms with E-state index in [-0.39, 0.29) is 6.23 Å². The molecule has 124 valence electrons. The van der Waals surface area contributed by atoms with Gasteiger partial charge in [0, 0.05) is 11.8 Å². The van der Waals surface area contributed by atoms with Crippen LogP contribution in [0.5, 0.6) is 5.75 Å². The van der Waals surface area contributed by atoms with Crippen LogP contribution in [-0.4, -0.2) is 47.4 Å². The molecule has 1 saturated heterocycles. The van der Waals surface area contributed by atoms with Crippen LogP contribution in [0.25, 0.3) is 0 Å². The molecule has 0 spiro atoms. The summed E-state index contributed by atoms with van der Waals surface area (Å²) in [6.45, 7) is 6.14. The number of hydrogen-bond donors (Lipinski definition) is 1. The van der Waals surface area contributed by atoms with Crippen LogP contribution >= 0.6 is 11.8 Å². The highest BCUT2D eigenvalue weighted by atomic mass is 32.2. The second-order valence-corrected chi connectivity index (χ2v) is 7.45. The molecule has 22 heavy (non-hydrogen) atoms. The first-order valence-corrected chi connectivity index (χ1v) is 9.36. The predicted molar refractivity (Wildman–Crippen MR) is 94.8 cm³/mol. The molecule has 1 aromatic carbocycles. The van der Waals surface area contributed by atoms with Gasteiger partial charge in [0.25, 0.3) is 0 Å². The number of methoxy groups -OCH3 is 1. The topological polar surface area (TPSA) is 32.7 Å². The van der Waals surface area contributed by atoms with Crippen molar-refractivity contribution < 1.29 is 9.84 Å². The molecule has 0 aliphatic carbocycles. The standard InChI is InChI=1S/C18H29NO2S/c1-4-19(13-16-6-5-11-22-16)18(20)10-8-15-7-9-17(21-3)14(2)12-15/h7,9,12,16,18,20H,4-6,8,10-11,13H2,1-3H3. The first-order valence-electron chi connectivity index (χ1n) is 8.31. The molecule has 0 saturated carbocycles. The van der Waals surface area contributed by atoms with Crippen LogP contribution in [0.4, 0.5) is 0 Å². The normalized spacial score (nSPS) is 19.6. The highest BCUT2D eigenvalue weighted by Crippen LogP contribution is 2.27. The molecule has 2 rings (SSSR count). The van der Waals surface area contributed by atoms with Crippen molar-refractivity contribution in [1.29, 1.82) is 0 Å². The zero-order chi connectivity index (χ0) is 15.9. The molecule has 0 aromatic heterocycles. The van der Waals surface area contributed by atoms with Crippen molar-refractivity contribution in [1.82, 2.24) is 4.90 Å². The lowest BCUT2D eigenvalue weighted by atomic mass is 10.1. The van der Waals surface area contributed by atoms with E-state index in [1.807, 2.05) is 6.07 Å². The van der Waals surface area contributed by atoms with Crippen LogP contribution < -0.4 is 4.74 Å². The highest BCUT2D eigenvalue weighted by molar-refractivity contribution is 8.00. The van der Waals surface area contributed by atoms with Gasteiger partial charge >= 0.3 is 0 Å². The number of thioether (sulfide) groups is 1. The van der Waals surface area contributed by atoms with Gasteiger partial charge in [-0.2, -0.15) is 11.8 Å². The van der Waals surface area contributed by atoms with Gasteiger partial charge in [-0.15, -0.1) is 0 Å². The fraction of sp³-hybridized carbons (Fsp3) is 0.667. The Morgan fingerprint density at radius 1 is 1.45 bits per heavy atom. The van der Waals surface area contributed by atoms with Gasteiger partial charge < -0.3 is 9.84 Å². The lowest BCUT2D eigenvalue weighted by molar-refractivity contribution is 0.00160. The van der Waals surface area contributed by atoms with Crippen LogP contribution in [0, 0.1) is 6.92 Å². The number of aryl methyl sites for hydroxylation is 2. The minimum Gasteiger partial charge on any atom is -0.496 e. The van der Waals surface area contributed by atoms with E-state index >= 15 is 0 Å². The molecule has 1 fully saturated rings. The summed E-state index contributed by atoms with van der Waals surface area (Å²) in [5, 5.41) is 11.2. The molecule has 2 unspecified atom stereocenters. The number of hydrogen-bond acceptors (Lipinski definition) is 4. The lowest BCUT2D eigenvalue weighted by Gasteiger charge is -2.29. The van der Waals surface area contributed by atoms with Crippen LogP contribution in [0.3, 0.4) is 0 Å². The average molecular weight is 324 g/mol. The van der Waals surface area contributed by atoms with Crippen molar-refractivity contribution in [3.63, 3.8) is 0 Å². The van der Waals surface area contributed by atoms with Gasteiger partial charge in [-0.25, -0.2) is 0 Å². The Bertz CT molecular complexity index is 460. The molecular weight excluding hydrogens is 294 g/mol. The van der Waals surface area contributed by atoms with Crippen molar-refractivity contribution in [2.45, 2.75) is 51.0 Å². The molecule has 1 N–H and O–H groups in total. The van der Waals surface area contributed by atoms with Gasteiger partial charge in [-0.3, -0.25) is 4.90 Å². The van der Waals surface area contributed by atoms with E-state index in [2.05, 4.69) is 42.6 Å². The Morgan fingerprint density at radius 3 is 2.86 bits per heavy atom. The number of rotatable bonds is 8. The molecule has 3 nitrogen and oxygen atoms in total. The van der Waals surface area contributed by atoms with Crippen LogP contribution in [0.15, 0.2) is 18.2 Å². The predicted octanol–water partition coefficient (Wildman–Crippen LogP) is 3.47. The third-order valence-corrected chi connectivity index (χ3v) is 5.82. The first-order chi connectivity index (χ1) is 10.6. The van der Waals surface area contributed by atoms with E-state index in [1.165, 1.54) is 24.2 Å². The second kappa shape index (κ2) is 8.80. The molecule has 4 heteroatoms. The summed E-state index contributed by atoms with van der Waals surface area (Å²) in [6, 6.07) is 6.28. The maximum absolute atomic E-state index is 10.5. The van der Waals surface area contributed by atoms with E-state index in [0.29, 0.717) is 5.25 Å². The Balaban J connectivity index is 1.84. The minimum absolute atomic E-state index is 0.339. The van der Waals surface area contributed by atoms with Crippen molar-refractivity contribution in [3.8, 4) is 5.75 Å². The third kappa shape index (κ3) is 4.90. The summed E-state index contributed by atoms with van der Waals surface area (Å²) in [4.78, 5) is 2.22. The van der Waals surface area contributed by atoms with Crippen LogP contribution in [-0.2, 0) is 6.42 Å². The van der Waals surface area contributed by atoms with Gasteiger partial charge in [0.15, 0.2) is 0 Å². The van der Waals surface area contributed by atoms with Gasteiger partial charge in [-0.1, -0.05) is 19.1 Å². The first kappa shape index (κ1) is 17.6. The molecule has 2 atom stereocenters. The molecule has 1 heterocycles. The zero-order valence-electron chi connectivity index (χ0n) is 14.0. The van der Waals surface area contributed by atoms with Crippen molar-refractivity contribution in [3.05, 3.63) is 29.3 Å². The summed E-state index contributed by atoms with van der Waals surface area (Å²) >= 11 is 2.06. The molecule has 0 amide bonds. The Labute approximate surface area is 139 Å². The lowest BCUT2D eigenvalue weighted by Crippen LogP contribution is -2.39. The number of aliphatic hydroxyl groups is 1. The number of aliphatic hydroxyl groups excluding tert-OH is 1. The maximum atomic E-state index is 10.5. The van der Waals surface area contributed by atoms with Crippen molar-refractivity contribution >= 4 is 11.8 Å². The second-order valence-electron chi connectivity index (χ2n) is 6.05. The van der Waals surface area contributed by atoms with E-state index < -0.39 is 0 Å². The number of ether oxygens (including phenoxy) is 1. The van der Waals surface area contributed by atoms with Gasteiger partial charge in [0.2, 0.25) is 0 Å². The molecular formula is C18H29NO2S. The van der Waals surface area contributed by atoms with E-state index in [9.17, 15) is 5.11 Å². The van der Waals surface area contributed by atoms with Crippen LogP contribution in [0.1, 0.15) is 37.3 Å². The molecule has 0 bridgehead atoms. The Morgan fingerprint density at radius 2 is 2.27 bits per heavy atom. The maximum Gasteiger partial charge on any atom is 0.121 e.